The van der Waals surface area contributed by atoms with Crippen molar-refractivity contribution in [2.24, 2.45) is 0 Å². The van der Waals surface area contributed by atoms with Crippen molar-refractivity contribution >= 4 is 28.9 Å². The molecule has 2 aromatic rings. The van der Waals surface area contributed by atoms with E-state index in [2.05, 4.69) is 5.32 Å². The van der Waals surface area contributed by atoms with E-state index in [-0.39, 0.29) is 5.91 Å². The minimum absolute atomic E-state index is 0.297. The van der Waals surface area contributed by atoms with Crippen molar-refractivity contribution in [3.8, 4) is 5.75 Å². The van der Waals surface area contributed by atoms with Crippen molar-refractivity contribution in [2.75, 3.05) is 18.2 Å². The quantitative estimate of drug-likeness (QED) is 0.851. The molecule has 0 heterocycles. The van der Waals surface area contributed by atoms with Gasteiger partial charge in [0.15, 0.2) is 0 Å². The minimum Gasteiger partial charge on any atom is -0.496 e. The fourth-order valence-electron chi connectivity index (χ4n) is 1.77. The molecule has 0 aliphatic rings. The summed E-state index contributed by atoms with van der Waals surface area (Å²) in [6, 6.07) is 10.2. The molecule has 2 aromatic carbocycles. The van der Waals surface area contributed by atoms with Crippen LogP contribution in [0.25, 0.3) is 0 Å². The maximum Gasteiger partial charge on any atom is 0.259 e. The molecule has 0 saturated carbocycles. The number of carbonyl (C=O) groups excluding carboxylic acids is 1. The number of nitrogen functional groups attached to an aromatic ring is 1. The maximum absolute atomic E-state index is 12.3. The molecule has 0 atom stereocenters. The highest BCUT2D eigenvalue weighted by Crippen LogP contribution is 2.24. The van der Waals surface area contributed by atoms with Crippen molar-refractivity contribution in [1.29, 1.82) is 0 Å². The zero-order chi connectivity index (χ0) is 14.7. The number of nitrogens with one attached hydrogen (secondary N) is 1. The number of carbonyl (C=O) groups is 1. The number of anilines is 2. The van der Waals surface area contributed by atoms with Crippen molar-refractivity contribution < 1.29 is 9.53 Å². The van der Waals surface area contributed by atoms with Crippen molar-refractivity contribution in [2.45, 2.75) is 6.92 Å². The summed E-state index contributed by atoms with van der Waals surface area (Å²) in [6.07, 6.45) is 0. The van der Waals surface area contributed by atoms with Gasteiger partial charge in [0.1, 0.15) is 5.75 Å². The molecule has 1 amide bonds. The van der Waals surface area contributed by atoms with Gasteiger partial charge in [0.05, 0.1) is 12.7 Å². The lowest BCUT2D eigenvalue weighted by Crippen LogP contribution is -2.13. The Labute approximate surface area is 122 Å². The topological polar surface area (TPSA) is 64.3 Å². The molecule has 20 heavy (non-hydrogen) atoms. The Bertz CT molecular complexity index is 656. The average Bonchev–Trinajstić information content (AvgIpc) is 2.43. The summed E-state index contributed by atoms with van der Waals surface area (Å²) < 4.78 is 5.16. The number of aryl methyl sites for hydroxylation is 1. The summed E-state index contributed by atoms with van der Waals surface area (Å²) in [7, 11) is 1.51. The molecular formula is C15H15ClN2O2. The zero-order valence-corrected chi connectivity index (χ0v) is 12.0. The van der Waals surface area contributed by atoms with Crippen LogP contribution in [0.15, 0.2) is 36.4 Å². The van der Waals surface area contributed by atoms with Gasteiger partial charge in [0.2, 0.25) is 0 Å². The predicted molar refractivity (Wildman–Crippen MR) is 81.5 cm³/mol. The SMILES string of the molecule is COc1ccc(N)cc1C(=O)Nc1ccc(C)c(Cl)c1. The average molecular weight is 291 g/mol. The van der Waals surface area contributed by atoms with Crippen LogP contribution in [0.5, 0.6) is 5.75 Å². The first kappa shape index (κ1) is 14.2. The number of amides is 1. The highest BCUT2D eigenvalue weighted by Gasteiger charge is 2.13. The molecule has 5 heteroatoms. The van der Waals surface area contributed by atoms with Crippen molar-refractivity contribution in [1.82, 2.24) is 0 Å². The standard InChI is InChI=1S/C15H15ClN2O2/c1-9-3-5-11(8-13(9)16)18-15(19)12-7-10(17)4-6-14(12)20-2/h3-8H,17H2,1-2H3,(H,18,19). The Balaban J connectivity index is 2.27. The minimum atomic E-state index is -0.297. The first-order chi connectivity index (χ1) is 9.51. The van der Waals surface area contributed by atoms with Gasteiger partial charge in [-0.15, -0.1) is 0 Å². The Kier molecular flexibility index (Phi) is 4.15. The number of hydrogen-bond donors (Lipinski definition) is 2. The third-order valence-electron chi connectivity index (χ3n) is 2.90. The second kappa shape index (κ2) is 5.84. The Morgan fingerprint density at radius 1 is 1.25 bits per heavy atom. The Morgan fingerprint density at radius 2 is 2.00 bits per heavy atom. The summed E-state index contributed by atoms with van der Waals surface area (Å²) in [5.41, 5.74) is 8.15. The van der Waals surface area contributed by atoms with Gasteiger partial charge in [0.25, 0.3) is 5.91 Å². The molecule has 0 saturated heterocycles. The third kappa shape index (κ3) is 3.03. The van der Waals surface area contributed by atoms with Gasteiger partial charge in [-0.3, -0.25) is 4.79 Å². The first-order valence-corrected chi connectivity index (χ1v) is 6.40. The number of ether oxygens (including phenoxy) is 1. The zero-order valence-electron chi connectivity index (χ0n) is 11.2. The van der Waals surface area contributed by atoms with Crippen LogP contribution in [-0.4, -0.2) is 13.0 Å². The van der Waals surface area contributed by atoms with Gasteiger partial charge < -0.3 is 15.8 Å². The van der Waals surface area contributed by atoms with E-state index >= 15 is 0 Å². The lowest BCUT2D eigenvalue weighted by molar-refractivity contribution is 0.102. The highest BCUT2D eigenvalue weighted by atomic mass is 35.5. The molecule has 0 unspecified atom stereocenters. The van der Waals surface area contributed by atoms with E-state index in [1.54, 1.807) is 30.3 Å². The molecular weight excluding hydrogens is 276 g/mol. The smallest absolute Gasteiger partial charge is 0.259 e. The normalized spacial score (nSPS) is 10.2. The predicted octanol–water partition coefficient (Wildman–Crippen LogP) is 3.49. The number of nitrogens with two attached hydrogens (primary N) is 1. The van der Waals surface area contributed by atoms with Gasteiger partial charge in [-0.2, -0.15) is 0 Å². The fourth-order valence-corrected chi connectivity index (χ4v) is 1.95. The summed E-state index contributed by atoms with van der Waals surface area (Å²) in [5, 5.41) is 3.37. The second-order valence-electron chi connectivity index (χ2n) is 4.38. The van der Waals surface area contributed by atoms with Crippen LogP contribution in [-0.2, 0) is 0 Å². The van der Waals surface area contributed by atoms with Crippen LogP contribution in [0.3, 0.4) is 0 Å². The van der Waals surface area contributed by atoms with Crippen LogP contribution in [0.1, 0.15) is 15.9 Å². The van der Waals surface area contributed by atoms with Crippen LogP contribution < -0.4 is 15.8 Å². The molecule has 0 spiro atoms. The van der Waals surface area contributed by atoms with E-state index < -0.39 is 0 Å². The lowest BCUT2D eigenvalue weighted by Gasteiger charge is -2.10. The van der Waals surface area contributed by atoms with E-state index in [9.17, 15) is 4.79 Å². The van der Waals surface area contributed by atoms with Gasteiger partial charge >= 0.3 is 0 Å². The van der Waals surface area contributed by atoms with Crippen molar-refractivity contribution in [3.05, 3.63) is 52.5 Å². The Hall–Kier alpha value is -2.20. The van der Waals surface area contributed by atoms with Crippen LogP contribution in [0.2, 0.25) is 5.02 Å². The van der Waals surface area contributed by atoms with E-state index in [0.29, 0.717) is 27.7 Å². The molecule has 104 valence electrons. The largest absolute Gasteiger partial charge is 0.496 e. The van der Waals surface area contributed by atoms with Gasteiger partial charge in [0, 0.05) is 16.4 Å². The highest BCUT2D eigenvalue weighted by molar-refractivity contribution is 6.31. The number of rotatable bonds is 3. The number of benzene rings is 2. The number of methoxy groups -OCH3 is 1. The van der Waals surface area contributed by atoms with Gasteiger partial charge in [-0.25, -0.2) is 0 Å². The van der Waals surface area contributed by atoms with Gasteiger partial charge in [-0.1, -0.05) is 17.7 Å². The van der Waals surface area contributed by atoms with E-state index in [1.165, 1.54) is 7.11 Å². The Morgan fingerprint density at radius 3 is 2.65 bits per heavy atom. The van der Waals surface area contributed by atoms with E-state index in [1.807, 2.05) is 13.0 Å². The first-order valence-electron chi connectivity index (χ1n) is 6.02. The molecule has 0 bridgehead atoms. The molecule has 0 aliphatic carbocycles. The summed E-state index contributed by atoms with van der Waals surface area (Å²) in [5.74, 6) is 0.170. The molecule has 0 radical (unpaired) electrons. The molecule has 3 N–H and O–H groups in total. The fraction of sp³-hybridized carbons (Fsp3) is 0.133. The van der Waals surface area contributed by atoms with Gasteiger partial charge in [-0.05, 0) is 42.8 Å². The molecule has 0 fully saturated rings. The second-order valence-corrected chi connectivity index (χ2v) is 4.79. The maximum atomic E-state index is 12.3. The monoisotopic (exact) mass is 290 g/mol. The molecule has 0 aromatic heterocycles. The third-order valence-corrected chi connectivity index (χ3v) is 3.31. The molecule has 2 rings (SSSR count). The summed E-state index contributed by atoms with van der Waals surface area (Å²) >= 11 is 6.03. The summed E-state index contributed by atoms with van der Waals surface area (Å²) in [6.45, 7) is 1.90. The van der Waals surface area contributed by atoms with E-state index in [0.717, 1.165) is 5.56 Å². The van der Waals surface area contributed by atoms with E-state index in [4.69, 9.17) is 22.1 Å². The number of halogens is 1. The molecule has 4 nitrogen and oxygen atoms in total. The van der Waals surface area contributed by atoms with Crippen LogP contribution in [0, 0.1) is 6.92 Å². The van der Waals surface area contributed by atoms with Crippen LogP contribution >= 0.6 is 11.6 Å². The summed E-state index contributed by atoms with van der Waals surface area (Å²) in [4.78, 5) is 12.3. The molecule has 0 aliphatic heterocycles. The lowest BCUT2D eigenvalue weighted by atomic mass is 10.1. The number of hydrogen-bond acceptors (Lipinski definition) is 3. The van der Waals surface area contributed by atoms with Crippen LogP contribution in [0.4, 0.5) is 11.4 Å². The van der Waals surface area contributed by atoms with Crippen molar-refractivity contribution in [3.63, 3.8) is 0 Å².